The van der Waals surface area contributed by atoms with Crippen LogP contribution in [0.5, 0.6) is 0 Å². The highest BCUT2D eigenvalue weighted by atomic mass is 16.3. The van der Waals surface area contributed by atoms with E-state index in [0.717, 1.165) is 0 Å². The third-order valence-corrected chi connectivity index (χ3v) is 2.98. The first kappa shape index (κ1) is 14.7. The second-order valence-electron chi connectivity index (χ2n) is 4.75. The summed E-state index contributed by atoms with van der Waals surface area (Å²) < 4.78 is 0. The highest BCUT2D eigenvalue weighted by molar-refractivity contribution is 5.37. The lowest BCUT2D eigenvalue weighted by Gasteiger charge is -2.30. The van der Waals surface area contributed by atoms with E-state index in [1.807, 2.05) is 20.8 Å². The van der Waals surface area contributed by atoms with Crippen LogP contribution >= 0.6 is 0 Å². The number of hydrogen-bond donors (Lipinski definition) is 4. The molecule has 0 saturated carbocycles. The first-order chi connectivity index (χ1) is 8.46. The van der Waals surface area contributed by atoms with Crippen LogP contribution in [0.1, 0.15) is 38.9 Å². The van der Waals surface area contributed by atoms with Crippen molar-refractivity contribution in [1.82, 2.24) is 9.97 Å². The molecule has 0 spiro atoms. The maximum Gasteiger partial charge on any atom is 0.252 e. The smallest absolute Gasteiger partial charge is 0.252 e. The van der Waals surface area contributed by atoms with E-state index in [9.17, 15) is 15.0 Å². The highest BCUT2D eigenvalue weighted by Crippen LogP contribution is 2.17. The molecule has 0 aliphatic carbocycles. The molecule has 0 bridgehead atoms. The lowest BCUT2D eigenvalue weighted by atomic mass is 9.98. The molecule has 1 rings (SSSR count). The maximum absolute atomic E-state index is 11.5. The lowest BCUT2D eigenvalue weighted by Crippen LogP contribution is -2.45. The molecule has 1 heterocycles. The SMILES string of the molecule is CCC(CO)(CO)Nc1cc(=O)[nH]c(C(C)C)n1. The van der Waals surface area contributed by atoms with E-state index in [1.54, 1.807) is 0 Å². The molecule has 0 fully saturated rings. The lowest BCUT2D eigenvalue weighted by molar-refractivity contribution is 0.132. The Hall–Kier alpha value is -1.40. The van der Waals surface area contributed by atoms with E-state index in [1.165, 1.54) is 6.07 Å². The maximum atomic E-state index is 11.5. The van der Waals surface area contributed by atoms with Gasteiger partial charge in [-0.05, 0) is 6.42 Å². The van der Waals surface area contributed by atoms with Gasteiger partial charge in [0, 0.05) is 12.0 Å². The summed E-state index contributed by atoms with van der Waals surface area (Å²) in [5.41, 5.74) is -1.10. The second kappa shape index (κ2) is 5.97. The Morgan fingerprint density at radius 2 is 2.06 bits per heavy atom. The topological polar surface area (TPSA) is 98.2 Å². The van der Waals surface area contributed by atoms with Gasteiger partial charge in [0.25, 0.3) is 5.56 Å². The summed E-state index contributed by atoms with van der Waals surface area (Å²) in [6.07, 6.45) is 0.519. The number of rotatable bonds is 6. The highest BCUT2D eigenvalue weighted by Gasteiger charge is 2.27. The van der Waals surface area contributed by atoms with Crippen LogP contribution in [0.2, 0.25) is 0 Å². The van der Waals surface area contributed by atoms with E-state index in [-0.39, 0.29) is 24.7 Å². The van der Waals surface area contributed by atoms with Crippen molar-refractivity contribution in [2.75, 3.05) is 18.5 Å². The van der Waals surface area contributed by atoms with Gasteiger partial charge < -0.3 is 20.5 Å². The fraction of sp³-hybridized carbons (Fsp3) is 0.667. The summed E-state index contributed by atoms with van der Waals surface area (Å²) in [6.45, 7) is 5.23. The molecule has 4 N–H and O–H groups in total. The Morgan fingerprint density at radius 1 is 1.44 bits per heavy atom. The summed E-state index contributed by atoms with van der Waals surface area (Å²) in [5, 5.41) is 21.6. The Morgan fingerprint density at radius 3 is 2.50 bits per heavy atom. The molecular formula is C12H21N3O3. The summed E-state index contributed by atoms with van der Waals surface area (Å²) in [5.74, 6) is 1.04. The predicted molar refractivity (Wildman–Crippen MR) is 69.8 cm³/mol. The molecule has 6 heteroatoms. The average molecular weight is 255 g/mol. The molecular weight excluding hydrogens is 234 g/mol. The predicted octanol–water partition coefficient (Wildman–Crippen LogP) is 0.439. The van der Waals surface area contributed by atoms with E-state index in [0.29, 0.717) is 18.1 Å². The van der Waals surface area contributed by atoms with E-state index >= 15 is 0 Å². The first-order valence-electron chi connectivity index (χ1n) is 6.07. The number of aromatic nitrogens is 2. The van der Waals surface area contributed by atoms with Gasteiger partial charge in [0.2, 0.25) is 0 Å². The molecule has 0 amide bonds. The summed E-state index contributed by atoms with van der Waals surface area (Å²) in [6, 6.07) is 1.32. The molecule has 0 unspecified atom stereocenters. The van der Waals surface area contributed by atoms with Crippen LogP contribution in [0.4, 0.5) is 5.82 Å². The van der Waals surface area contributed by atoms with Gasteiger partial charge in [-0.3, -0.25) is 4.79 Å². The van der Waals surface area contributed by atoms with Crippen LogP contribution in [0, 0.1) is 0 Å². The quantitative estimate of drug-likeness (QED) is 0.591. The Balaban J connectivity index is 3.07. The van der Waals surface area contributed by atoms with Crippen LogP contribution in [0.3, 0.4) is 0 Å². The van der Waals surface area contributed by atoms with Crippen LogP contribution in [-0.2, 0) is 0 Å². The van der Waals surface area contributed by atoms with Crippen LogP contribution in [0.15, 0.2) is 10.9 Å². The van der Waals surface area contributed by atoms with Gasteiger partial charge >= 0.3 is 0 Å². The molecule has 0 aliphatic rings. The number of aromatic amines is 1. The molecule has 0 radical (unpaired) electrons. The number of nitrogens with zero attached hydrogens (tertiary/aromatic N) is 1. The van der Waals surface area contributed by atoms with Crippen LogP contribution < -0.4 is 10.9 Å². The largest absolute Gasteiger partial charge is 0.394 e. The molecule has 0 saturated heterocycles. The van der Waals surface area contributed by atoms with E-state index < -0.39 is 5.54 Å². The van der Waals surface area contributed by atoms with Gasteiger partial charge in [-0.2, -0.15) is 0 Å². The third-order valence-electron chi connectivity index (χ3n) is 2.98. The number of anilines is 1. The van der Waals surface area contributed by atoms with Gasteiger partial charge in [-0.25, -0.2) is 4.98 Å². The Kier molecular flexibility index (Phi) is 4.86. The Labute approximate surface area is 106 Å². The van der Waals surface area contributed by atoms with E-state index in [2.05, 4.69) is 15.3 Å². The number of aliphatic hydroxyl groups excluding tert-OH is 2. The summed E-state index contributed by atoms with van der Waals surface area (Å²) >= 11 is 0. The molecule has 0 aromatic carbocycles. The fourth-order valence-corrected chi connectivity index (χ4v) is 1.53. The zero-order chi connectivity index (χ0) is 13.8. The van der Waals surface area contributed by atoms with Crippen molar-refractivity contribution in [2.24, 2.45) is 0 Å². The number of H-pyrrole nitrogens is 1. The van der Waals surface area contributed by atoms with Crippen molar-refractivity contribution in [1.29, 1.82) is 0 Å². The molecule has 0 aliphatic heterocycles. The summed E-state index contributed by atoms with van der Waals surface area (Å²) in [4.78, 5) is 18.4. The number of hydrogen-bond acceptors (Lipinski definition) is 5. The fourth-order valence-electron chi connectivity index (χ4n) is 1.53. The minimum atomic E-state index is -0.852. The van der Waals surface area contributed by atoms with Gasteiger partial charge in [0.1, 0.15) is 11.6 Å². The second-order valence-corrected chi connectivity index (χ2v) is 4.75. The van der Waals surface area contributed by atoms with Crippen molar-refractivity contribution in [3.05, 3.63) is 22.2 Å². The average Bonchev–Trinajstić information content (AvgIpc) is 2.35. The van der Waals surface area contributed by atoms with E-state index in [4.69, 9.17) is 0 Å². The number of nitrogens with one attached hydrogen (secondary N) is 2. The minimum Gasteiger partial charge on any atom is -0.394 e. The zero-order valence-electron chi connectivity index (χ0n) is 11.0. The van der Waals surface area contributed by atoms with Crippen LogP contribution in [0.25, 0.3) is 0 Å². The standard InChI is InChI=1S/C12H21N3O3/c1-4-12(6-16,7-17)15-9-5-10(18)14-11(13-9)8(2)3/h5,8,16-17H,4,6-7H2,1-3H3,(H2,13,14,15,18). The van der Waals surface area contributed by atoms with Gasteiger partial charge in [0.15, 0.2) is 0 Å². The third kappa shape index (κ3) is 3.30. The van der Waals surface area contributed by atoms with Crippen molar-refractivity contribution in [3.63, 3.8) is 0 Å². The molecule has 102 valence electrons. The summed E-state index contributed by atoms with van der Waals surface area (Å²) in [7, 11) is 0. The van der Waals surface area contributed by atoms with Gasteiger partial charge in [-0.1, -0.05) is 20.8 Å². The van der Waals surface area contributed by atoms with Gasteiger partial charge in [-0.15, -0.1) is 0 Å². The monoisotopic (exact) mass is 255 g/mol. The molecule has 0 atom stereocenters. The molecule has 6 nitrogen and oxygen atoms in total. The Bertz CT molecular complexity index is 430. The van der Waals surface area contributed by atoms with Crippen molar-refractivity contribution in [2.45, 2.75) is 38.6 Å². The molecule has 1 aromatic heterocycles. The molecule has 18 heavy (non-hydrogen) atoms. The van der Waals surface area contributed by atoms with Crippen molar-refractivity contribution >= 4 is 5.82 Å². The van der Waals surface area contributed by atoms with Gasteiger partial charge in [0.05, 0.1) is 18.8 Å². The van der Waals surface area contributed by atoms with Crippen molar-refractivity contribution in [3.8, 4) is 0 Å². The van der Waals surface area contributed by atoms with Crippen molar-refractivity contribution < 1.29 is 10.2 Å². The molecule has 1 aromatic rings. The zero-order valence-corrected chi connectivity index (χ0v) is 11.0. The van der Waals surface area contributed by atoms with Crippen LogP contribution in [-0.4, -0.2) is 38.9 Å². The normalized spacial score (nSPS) is 11.9. The minimum absolute atomic E-state index is 0.0960. The number of aliphatic hydroxyl groups is 2. The first-order valence-corrected chi connectivity index (χ1v) is 6.07.